The average molecular weight is 268 g/mol. The van der Waals surface area contributed by atoms with Crippen molar-refractivity contribution in [3.63, 3.8) is 0 Å². The van der Waals surface area contributed by atoms with Crippen LogP contribution in [0.25, 0.3) is 0 Å². The predicted octanol–water partition coefficient (Wildman–Crippen LogP) is 1.71. The molecule has 1 aromatic heterocycles. The minimum Gasteiger partial charge on any atom is -0.374 e. The summed E-state index contributed by atoms with van der Waals surface area (Å²) in [6.07, 6.45) is 4.69. The summed E-state index contributed by atoms with van der Waals surface area (Å²) in [5, 5.41) is 10.9. The van der Waals surface area contributed by atoms with Gasteiger partial charge in [-0.25, -0.2) is 4.79 Å². The number of anilines is 1. The molecule has 2 amide bonds. The third-order valence-electron chi connectivity index (χ3n) is 3.57. The number of morpholine rings is 1. The monoisotopic (exact) mass is 268 g/mol. The summed E-state index contributed by atoms with van der Waals surface area (Å²) in [7, 11) is 0. The first-order chi connectivity index (χ1) is 8.84. The zero-order chi connectivity index (χ0) is 12.4. The second-order valence-electron chi connectivity index (χ2n) is 4.63. The lowest BCUT2D eigenvalue weighted by atomic mass is 9.90. The summed E-state index contributed by atoms with van der Waals surface area (Å²) >= 11 is 1.33. The second kappa shape index (κ2) is 5.19. The van der Waals surface area contributed by atoms with Crippen molar-refractivity contribution in [3.8, 4) is 0 Å². The zero-order valence-corrected chi connectivity index (χ0v) is 10.9. The summed E-state index contributed by atoms with van der Waals surface area (Å²) in [6, 6.07) is 0.146. The minimum absolute atomic E-state index is 0.0769. The number of urea groups is 1. The molecule has 2 fully saturated rings. The molecule has 2 atom stereocenters. The molecule has 2 aliphatic rings. The number of amides is 2. The number of nitrogens with one attached hydrogen (secondary N) is 1. The number of nitrogens with zero attached hydrogens (tertiary/aromatic N) is 3. The summed E-state index contributed by atoms with van der Waals surface area (Å²) < 4.78 is 5.75. The zero-order valence-electron chi connectivity index (χ0n) is 10.0. The van der Waals surface area contributed by atoms with Crippen LogP contribution in [0.1, 0.15) is 25.7 Å². The number of fused-ring (bicyclic) bond motifs is 1. The molecule has 1 N–H and O–H groups in total. The smallest absolute Gasteiger partial charge is 0.324 e. The van der Waals surface area contributed by atoms with E-state index in [1.165, 1.54) is 24.2 Å². The first kappa shape index (κ1) is 11.9. The predicted molar refractivity (Wildman–Crippen MR) is 67.6 cm³/mol. The second-order valence-corrected chi connectivity index (χ2v) is 5.46. The van der Waals surface area contributed by atoms with Crippen LogP contribution < -0.4 is 5.32 Å². The van der Waals surface area contributed by atoms with Gasteiger partial charge in [-0.1, -0.05) is 24.2 Å². The molecule has 0 spiro atoms. The Morgan fingerprint density at radius 2 is 2.39 bits per heavy atom. The van der Waals surface area contributed by atoms with Gasteiger partial charge in [0.2, 0.25) is 5.13 Å². The van der Waals surface area contributed by atoms with Gasteiger partial charge in [0.05, 0.1) is 18.8 Å². The molecule has 2 heterocycles. The SMILES string of the molecule is O=C(Nc1nncs1)N1CCO[C@H]2CCCC[C@H]21. The van der Waals surface area contributed by atoms with Crippen LogP contribution in [0.5, 0.6) is 0 Å². The van der Waals surface area contributed by atoms with Crippen LogP contribution in [-0.2, 0) is 4.74 Å². The van der Waals surface area contributed by atoms with Crippen molar-refractivity contribution < 1.29 is 9.53 Å². The van der Waals surface area contributed by atoms with Crippen LogP contribution in [-0.4, -0.2) is 46.4 Å². The van der Waals surface area contributed by atoms with Gasteiger partial charge in [-0.3, -0.25) is 5.32 Å². The van der Waals surface area contributed by atoms with Crippen LogP contribution in [0.3, 0.4) is 0 Å². The Morgan fingerprint density at radius 1 is 1.50 bits per heavy atom. The van der Waals surface area contributed by atoms with Gasteiger partial charge in [0.1, 0.15) is 5.51 Å². The molecule has 0 unspecified atom stereocenters. The molecule has 18 heavy (non-hydrogen) atoms. The molecule has 0 bridgehead atoms. The number of aromatic nitrogens is 2. The summed E-state index contributed by atoms with van der Waals surface area (Å²) in [6.45, 7) is 1.29. The van der Waals surface area contributed by atoms with Crippen LogP contribution in [0.2, 0.25) is 0 Å². The minimum atomic E-state index is -0.0769. The maximum atomic E-state index is 12.2. The molecule has 7 heteroatoms. The van der Waals surface area contributed by atoms with Gasteiger partial charge in [0.15, 0.2) is 0 Å². The molecule has 0 radical (unpaired) electrons. The number of rotatable bonds is 1. The van der Waals surface area contributed by atoms with Gasteiger partial charge < -0.3 is 9.64 Å². The Labute approximate surface area is 109 Å². The van der Waals surface area contributed by atoms with Crippen molar-refractivity contribution in [3.05, 3.63) is 5.51 Å². The van der Waals surface area contributed by atoms with Crippen LogP contribution >= 0.6 is 11.3 Å². The van der Waals surface area contributed by atoms with Crippen molar-refractivity contribution in [1.29, 1.82) is 0 Å². The highest BCUT2D eigenvalue weighted by Crippen LogP contribution is 2.28. The summed E-state index contributed by atoms with van der Waals surface area (Å²) in [4.78, 5) is 14.1. The molecular formula is C11H16N4O2S. The average Bonchev–Trinajstić information content (AvgIpc) is 2.91. The maximum absolute atomic E-state index is 12.2. The van der Waals surface area contributed by atoms with Gasteiger partial charge in [0.25, 0.3) is 0 Å². The number of carbonyl (C=O) groups is 1. The maximum Gasteiger partial charge on any atom is 0.324 e. The molecule has 1 aliphatic carbocycles. The first-order valence-corrected chi connectivity index (χ1v) is 7.18. The number of ether oxygens (including phenoxy) is 1. The molecule has 0 aromatic carbocycles. The molecule has 1 aromatic rings. The topological polar surface area (TPSA) is 67.4 Å². The summed E-state index contributed by atoms with van der Waals surface area (Å²) in [5.74, 6) is 0. The quantitative estimate of drug-likeness (QED) is 0.842. The van der Waals surface area contributed by atoms with Crippen LogP contribution in [0, 0.1) is 0 Å². The molecule has 1 aliphatic heterocycles. The van der Waals surface area contributed by atoms with E-state index in [1.807, 2.05) is 4.90 Å². The van der Waals surface area contributed by atoms with Crippen molar-refractivity contribution >= 4 is 22.5 Å². The Kier molecular flexibility index (Phi) is 3.42. The molecule has 1 saturated heterocycles. The van der Waals surface area contributed by atoms with E-state index in [1.54, 1.807) is 5.51 Å². The number of carbonyl (C=O) groups excluding carboxylic acids is 1. The molecule has 6 nitrogen and oxygen atoms in total. The number of hydrogen-bond donors (Lipinski definition) is 1. The third kappa shape index (κ3) is 2.32. The summed E-state index contributed by atoms with van der Waals surface area (Å²) in [5.41, 5.74) is 1.61. The number of hydrogen-bond acceptors (Lipinski definition) is 5. The molecular weight excluding hydrogens is 252 g/mol. The highest BCUT2D eigenvalue weighted by atomic mass is 32.1. The Hall–Kier alpha value is -1.21. The Morgan fingerprint density at radius 3 is 3.22 bits per heavy atom. The molecule has 98 valence electrons. The van der Waals surface area contributed by atoms with Gasteiger partial charge in [0, 0.05) is 6.54 Å². The highest BCUT2D eigenvalue weighted by Gasteiger charge is 2.36. The van der Waals surface area contributed by atoms with Crippen molar-refractivity contribution in [2.45, 2.75) is 37.8 Å². The lowest BCUT2D eigenvalue weighted by Crippen LogP contribution is -2.55. The van der Waals surface area contributed by atoms with E-state index in [9.17, 15) is 4.79 Å². The van der Waals surface area contributed by atoms with Crippen LogP contribution in [0.4, 0.5) is 9.93 Å². The highest BCUT2D eigenvalue weighted by molar-refractivity contribution is 7.13. The first-order valence-electron chi connectivity index (χ1n) is 6.30. The van der Waals surface area contributed by atoms with Gasteiger partial charge in [-0.05, 0) is 12.8 Å². The fourth-order valence-corrected chi connectivity index (χ4v) is 3.17. The Bertz CT molecular complexity index is 409. The lowest BCUT2D eigenvalue weighted by molar-refractivity contribution is -0.0694. The van der Waals surface area contributed by atoms with Gasteiger partial charge >= 0.3 is 6.03 Å². The van der Waals surface area contributed by atoms with E-state index >= 15 is 0 Å². The van der Waals surface area contributed by atoms with Crippen molar-refractivity contribution in [1.82, 2.24) is 15.1 Å². The van der Waals surface area contributed by atoms with E-state index in [0.29, 0.717) is 18.3 Å². The normalized spacial score (nSPS) is 27.7. The van der Waals surface area contributed by atoms with Crippen molar-refractivity contribution in [2.75, 3.05) is 18.5 Å². The largest absolute Gasteiger partial charge is 0.374 e. The molecule has 1 saturated carbocycles. The third-order valence-corrected chi connectivity index (χ3v) is 4.17. The van der Waals surface area contributed by atoms with E-state index in [-0.39, 0.29) is 18.2 Å². The fourth-order valence-electron chi connectivity index (χ4n) is 2.74. The van der Waals surface area contributed by atoms with Gasteiger partial charge in [-0.2, -0.15) is 0 Å². The van der Waals surface area contributed by atoms with E-state index in [4.69, 9.17) is 4.74 Å². The van der Waals surface area contributed by atoms with E-state index in [0.717, 1.165) is 12.8 Å². The van der Waals surface area contributed by atoms with E-state index < -0.39 is 0 Å². The Balaban J connectivity index is 1.68. The van der Waals surface area contributed by atoms with E-state index in [2.05, 4.69) is 15.5 Å². The fraction of sp³-hybridized carbons (Fsp3) is 0.727. The standard InChI is InChI=1S/C11H16N4O2S/c16-11(13-10-14-12-7-18-10)15-5-6-17-9-4-2-1-3-8(9)15/h7-9H,1-6H2,(H,13,14,16)/t8-,9+/m1/s1. The van der Waals surface area contributed by atoms with Gasteiger partial charge in [-0.15, -0.1) is 10.2 Å². The van der Waals surface area contributed by atoms with Crippen LogP contribution in [0.15, 0.2) is 5.51 Å². The molecule has 3 rings (SSSR count). The van der Waals surface area contributed by atoms with Crippen molar-refractivity contribution in [2.24, 2.45) is 0 Å². The lowest BCUT2D eigenvalue weighted by Gasteiger charge is -2.43.